The Kier molecular flexibility index (Phi) is 6.30. The zero-order valence-corrected chi connectivity index (χ0v) is 28.1. The summed E-state index contributed by atoms with van der Waals surface area (Å²) >= 11 is 0. The van der Waals surface area contributed by atoms with Crippen LogP contribution < -0.4 is 0 Å². The van der Waals surface area contributed by atoms with Crippen molar-refractivity contribution in [3.63, 3.8) is 0 Å². The Morgan fingerprint density at radius 1 is 0.583 bits per heavy atom. The lowest BCUT2D eigenvalue weighted by Crippen LogP contribution is -2.16. The summed E-state index contributed by atoms with van der Waals surface area (Å²) in [6.45, 7) is 13.6. The molecule has 0 saturated heterocycles. The van der Waals surface area contributed by atoms with Crippen LogP contribution in [0.5, 0.6) is 0 Å². The summed E-state index contributed by atoms with van der Waals surface area (Å²) in [5.74, 6) is 0.291. The number of rotatable bonds is 4. The van der Waals surface area contributed by atoms with Crippen molar-refractivity contribution in [2.24, 2.45) is 0 Å². The maximum Gasteiger partial charge on any atom is 0.0158 e. The van der Waals surface area contributed by atoms with E-state index in [-0.39, 0.29) is 5.41 Å². The minimum absolute atomic E-state index is 0.149. The van der Waals surface area contributed by atoms with Gasteiger partial charge in [-0.1, -0.05) is 161 Å². The van der Waals surface area contributed by atoms with Crippen LogP contribution in [-0.4, -0.2) is 0 Å². The van der Waals surface area contributed by atoms with Gasteiger partial charge < -0.3 is 0 Å². The molecule has 230 valence electrons. The molecule has 7 aromatic rings. The van der Waals surface area contributed by atoms with Crippen LogP contribution in [0.2, 0.25) is 0 Å². The van der Waals surface area contributed by atoms with Gasteiger partial charge in [-0.05, 0) is 112 Å². The van der Waals surface area contributed by atoms with Crippen molar-refractivity contribution >= 4 is 37.9 Å². The van der Waals surface area contributed by atoms with Crippen molar-refractivity contribution in [2.45, 2.75) is 39.0 Å². The van der Waals surface area contributed by atoms with Gasteiger partial charge >= 0.3 is 0 Å². The Balaban J connectivity index is 1.51. The molecule has 0 aliphatic heterocycles. The molecule has 1 atom stereocenters. The van der Waals surface area contributed by atoms with Crippen molar-refractivity contribution < 1.29 is 0 Å². The summed E-state index contributed by atoms with van der Waals surface area (Å²) in [5, 5.41) is 7.83. The molecule has 2 aliphatic carbocycles. The number of fused-ring (bicyclic) bond motifs is 9. The zero-order valence-electron chi connectivity index (χ0n) is 28.1. The molecule has 0 fully saturated rings. The van der Waals surface area contributed by atoms with Crippen LogP contribution in [0.15, 0.2) is 152 Å². The highest BCUT2D eigenvalue weighted by Gasteiger charge is 2.39. The molecule has 0 heterocycles. The fourth-order valence-corrected chi connectivity index (χ4v) is 9.10. The van der Waals surface area contributed by atoms with Gasteiger partial charge in [0.2, 0.25) is 0 Å². The summed E-state index contributed by atoms with van der Waals surface area (Å²) in [4.78, 5) is 0. The molecule has 0 amide bonds. The minimum atomic E-state index is -0.149. The molecule has 0 spiro atoms. The molecule has 1 unspecified atom stereocenters. The fraction of sp³-hybridized carbons (Fsp3) is 0.125. The van der Waals surface area contributed by atoms with Crippen molar-refractivity contribution in [1.82, 2.24) is 0 Å². The van der Waals surface area contributed by atoms with Gasteiger partial charge in [0.25, 0.3) is 0 Å². The second-order valence-corrected chi connectivity index (χ2v) is 14.0. The van der Waals surface area contributed by atoms with Gasteiger partial charge in [0.05, 0.1) is 0 Å². The van der Waals surface area contributed by atoms with E-state index in [0.717, 1.165) is 0 Å². The van der Waals surface area contributed by atoms with Crippen LogP contribution in [0.1, 0.15) is 55.9 Å². The third kappa shape index (κ3) is 3.78. The third-order valence-electron chi connectivity index (χ3n) is 11.2. The second-order valence-electron chi connectivity index (χ2n) is 14.0. The molecule has 7 aromatic carbocycles. The normalized spacial score (nSPS) is 16.2. The van der Waals surface area contributed by atoms with E-state index in [0.29, 0.717) is 5.92 Å². The molecular weight excluding hydrogens is 577 g/mol. The molecule has 0 heteroatoms. The van der Waals surface area contributed by atoms with Crippen molar-refractivity contribution in [3.05, 3.63) is 174 Å². The van der Waals surface area contributed by atoms with E-state index >= 15 is 0 Å². The standard InChI is InChI=1S/C48H38/c1-6-17-38-41(7-2)48(4,5)42-27-26-37-40(28-39-29(3)31-20-11-12-21-32(31)45(39)47(37)46(38)42)44-35-24-15-13-22-33(35)43(30-18-9-8-10-19-30)34-23-14-16-25-36(34)44/h6-29H,2H2,1,3-5H3. The molecule has 48 heavy (non-hydrogen) atoms. The van der Waals surface area contributed by atoms with Gasteiger partial charge in [0.1, 0.15) is 0 Å². The maximum atomic E-state index is 4.33. The van der Waals surface area contributed by atoms with E-state index in [1.54, 1.807) is 0 Å². The first-order valence-corrected chi connectivity index (χ1v) is 17.2. The monoisotopic (exact) mass is 614 g/mol. The van der Waals surface area contributed by atoms with E-state index in [4.69, 9.17) is 0 Å². The maximum absolute atomic E-state index is 4.33. The Labute approximate surface area is 283 Å². The van der Waals surface area contributed by atoms with Crippen LogP contribution in [0, 0.1) is 0 Å². The Hall–Kier alpha value is -5.46. The SMILES string of the molecule is C=CC1=C(C=CC)c2c(ccc3c(-c4c5ccccc5c(-c5ccccc5)c5ccccc45)cc4c(c23)-c2ccccc2C4C)C1(C)C. The van der Waals surface area contributed by atoms with E-state index < -0.39 is 0 Å². The molecular formula is C48H38. The molecule has 0 N–H and O–H groups in total. The highest BCUT2D eigenvalue weighted by Crippen LogP contribution is 2.57. The molecule has 0 aromatic heterocycles. The van der Waals surface area contributed by atoms with E-state index in [9.17, 15) is 0 Å². The van der Waals surface area contributed by atoms with Crippen LogP contribution in [0.25, 0.3) is 71.3 Å². The molecule has 2 aliphatic rings. The molecule has 0 bridgehead atoms. The Morgan fingerprint density at radius 2 is 1.19 bits per heavy atom. The third-order valence-corrected chi connectivity index (χ3v) is 11.2. The summed E-state index contributed by atoms with van der Waals surface area (Å²) < 4.78 is 0. The lowest BCUT2D eigenvalue weighted by molar-refractivity contribution is 0.655. The summed E-state index contributed by atoms with van der Waals surface area (Å²) in [6.07, 6.45) is 6.59. The van der Waals surface area contributed by atoms with Crippen molar-refractivity contribution in [3.8, 4) is 33.4 Å². The lowest BCUT2D eigenvalue weighted by Gasteiger charge is -2.25. The predicted molar refractivity (Wildman–Crippen MR) is 208 cm³/mol. The highest BCUT2D eigenvalue weighted by molar-refractivity contribution is 6.25. The van der Waals surface area contributed by atoms with Crippen molar-refractivity contribution in [1.29, 1.82) is 0 Å². The van der Waals surface area contributed by atoms with Gasteiger partial charge in [-0.3, -0.25) is 0 Å². The summed E-state index contributed by atoms with van der Waals surface area (Å²) in [6, 6.07) is 45.4. The number of hydrogen-bond donors (Lipinski definition) is 0. The molecule has 9 rings (SSSR count). The van der Waals surface area contributed by atoms with Crippen LogP contribution in [-0.2, 0) is 5.41 Å². The Bertz CT molecular complexity index is 2500. The number of allylic oxidation sites excluding steroid dienone is 5. The van der Waals surface area contributed by atoms with Gasteiger partial charge in [-0.25, -0.2) is 0 Å². The quantitative estimate of drug-likeness (QED) is 0.173. The summed E-state index contributed by atoms with van der Waals surface area (Å²) in [5.41, 5.74) is 15.9. The van der Waals surface area contributed by atoms with Gasteiger partial charge in [0, 0.05) is 11.3 Å². The van der Waals surface area contributed by atoms with Gasteiger partial charge in [0.15, 0.2) is 0 Å². The Morgan fingerprint density at radius 3 is 1.83 bits per heavy atom. The minimum Gasteiger partial charge on any atom is -0.0987 e. The lowest BCUT2D eigenvalue weighted by atomic mass is 9.78. The number of hydrogen-bond acceptors (Lipinski definition) is 0. The number of benzene rings is 7. The first-order valence-electron chi connectivity index (χ1n) is 17.2. The van der Waals surface area contributed by atoms with Crippen LogP contribution in [0.4, 0.5) is 0 Å². The van der Waals surface area contributed by atoms with E-state index in [1.165, 1.54) is 99.1 Å². The first-order chi connectivity index (χ1) is 23.5. The highest BCUT2D eigenvalue weighted by atomic mass is 14.4. The molecule has 0 saturated carbocycles. The fourth-order valence-electron chi connectivity index (χ4n) is 9.10. The smallest absolute Gasteiger partial charge is 0.0158 e. The van der Waals surface area contributed by atoms with E-state index in [2.05, 4.69) is 174 Å². The average molecular weight is 615 g/mol. The van der Waals surface area contributed by atoms with Gasteiger partial charge in [-0.15, -0.1) is 0 Å². The van der Waals surface area contributed by atoms with Crippen LogP contribution in [0.3, 0.4) is 0 Å². The summed E-state index contributed by atoms with van der Waals surface area (Å²) in [7, 11) is 0. The molecule has 0 radical (unpaired) electrons. The van der Waals surface area contributed by atoms with Gasteiger partial charge in [-0.2, -0.15) is 0 Å². The largest absolute Gasteiger partial charge is 0.0987 e. The van der Waals surface area contributed by atoms with Crippen molar-refractivity contribution in [2.75, 3.05) is 0 Å². The first kappa shape index (κ1) is 28.7. The average Bonchev–Trinajstić information content (AvgIpc) is 3.53. The topological polar surface area (TPSA) is 0 Å². The molecule has 0 nitrogen and oxygen atoms in total. The van der Waals surface area contributed by atoms with Crippen LogP contribution >= 0.6 is 0 Å². The van der Waals surface area contributed by atoms with E-state index in [1.807, 2.05) is 0 Å². The second kappa shape index (κ2) is 10.5. The predicted octanol–water partition coefficient (Wildman–Crippen LogP) is 13.4. The zero-order chi connectivity index (χ0) is 32.7.